The molecule has 1 N–H and O–H groups in total. The highest BCUT2D eigenvalue weighted by molar-refractivity contribution is 6.51. The fraction of sp³-hybridized carbons (Fsp3) is 0.312. The summed E-state index contributed by atoms with van der Waals surface area (Å²) in [5.74, 6) is -0.899. The van der Waals surface area contributed by atoms with Gasteiger partial charge < -0.3 is 9.84 Å². The topological polar surface area (TPSA) is 66.8 Å². The van der Waals surface area contributed by atoms with Gasteiger partial charge in [-0.1, -0.05) is 64.1 Å². The molecule has 0 saturated carbocycles. The molecule has 0 radical (unpaired) electrons. The maximum atomic E-state index is 13.4. The van der Waals surface area contributed by atoms with E-state index in [4.69, 9.17) is 4.74 Å². The van der Waals surface area contributed by atoms with Gasteiger partial charge in [0.1, 0.15) is 11.5 Å². The number of ether oxygens (including phenoxy) is 1. The lowest BCUT2D eigenvalue weighted by molar-refractivity contribution is -0.132. The molecule has 1 fully saturated rings. The van der Waals surface area contributed by atoms with E-state index in [-0.39, 0.29) is 22.9 Å². The molecule has 192 valence electrons. The predicted molar refractivity (Wildman–Crippen MR) is 148 cm³/mol. The molecular formula is C32H35NO4. The van der Waals surface area contributed by atoms with Gasteiger partial charge in [-0.05, 0) is 78.8 Å². The van der Waals surface area contributed by atoms with Crippen LogP contribution in [-0.4, -0.2) is 22.9 Å². The molecule has 1 aliphatic rings. The van der Waals surface area contributed by atoms with Crippen LogP contribution in [0.1, 0.15) is 69.8 Å². The molecule has 3 aromatic carbocycles. The molecule has 0 aromatic heterocycles. The van der Waals surface area contributed by atoms with Crippen LogP contribution in [0.25, 0.3) is 5.76 Å². The lowest BCUT2D eigenvalue weighted by atomic mass is 9.87. The largest absolute Gasteiger partial charge is 0.507 e. The monoisotopic (exact) mass is 497 g/mol. The highest BCUT2D eigenvalue weighted by Crippen LogP contribution is 2.42. The van der Waals surface area contributed by atoms with Gasteiger partial charge in [-0.2, -0.15) is 0 Å². The van der Waals surface area contributed by atoms with E-state index < -0.39 is 17.7 Å². The third kappa shape index (κ3) is 5.31. The zero-order valence-electron chi connectivity index (χ0n) is 22.4. The summed E-state index contributed by atoms with van der Waals surface area (Å²) in [6.45, 7) is 12.3. The Kier molecular flexibility index (Phi) is 7.26. The molecule has 3 aromatic rings. The van der Waals surface area contributed by atoms with Crippen LogP contribution in [0.2, 0.25) is 0 Å². The van der Waals surface area contributed by atoms with Crippen molar-refractivity contribution in [3.8, 4) is 5.75 Å². The SMILES string of the molecule is CCc1ccc(C2/C(=C(\O)c3ccc(OC(C)C)cc3)C(=O)C(=O)N2c2ccc(C(C)(C)C)cc2)cc1. The van der Waals surface area contributed by atoms with Crippen molar-refractivity contribution in [2.45, 2.75) is 65.5 Å². The molecule has 1 aliphatic heterocycles. The van der Waals surface area contributed by atoms with E-state index in [2.05, 4.69) is 27.7 Å². The van der Waals surface area contributed by atoms with Crippen LogP contribution >= 0.6 is 0 Å². The Morgan fingerprint density at radius 3 is 2.03 bits per heavy atom. The first-order chi connectivity index (χ1) is 17.5. The Balaban J connectivity index is 1.84. The first kappa shape index (κ1) is 26.2. The number of carbonyl (C=O) groups is 2. The van der Waals surface area contributed by atoms with Crippen molar-refractivity contribution >= 4 is 23.1 Å². The van der Waals surface area contributed by atoms with Crippen molar-refractivity contribution < 1.29 is 19.4 Å². The third-order valence-electron chi connectivity index (χ3n) is 6.66. The molecule has 1 saturated heterocycles. The van der Waals surface area contributed by atoms with Crippen molar-refractivity contribution in [2.75, 3.05) is 4.90 Å². The number of hydrogen-bond acceptors (Lipinski definition) is 4. The van der Waals surface area contributed by atoms with E-state index in [1.807, 2.05) is 62.4 Å². The molecule has 37 heavy (non-hydrogen) atoms. The molecule has 1 unspecified atom stereocenters. The standard InChI is InChI=1S/C32H35NO4/c1-7-21-8-10-22(11-9-21)28-27(29(34)23-12-18-26(19-13-23)37-20(2)3)30(35)31(36)33(28)25-16-14-24(15-17-25)32(4,5)6/h8-20,28,34H,7H2,1-6H3/b29-27+. The lowest BCUT2D eigenvalue weighted by Crippen LogP contribution is -2.29. The van der Waals surface area contributed by atoms with Crippen molar-refractivity contribution in [2.24, 2.45) is 0 Å². The average Bonchev–Trinajstić information content (AvgIpc) is 3.13. The summed E-state index contributed by atoms with van der Waals surface area (Å²) in [5, 5.41) is 11.4. The second-order valence-electron chi connectivity index (χ2n) is 10.8. The quantitative estimate of drug-likeness (QED) is 0.227. The highest BCUT2D eigenvalue weighted by Gasteiger charge is 2.47. The number of aliphatic hydroxyl groups excluding tert-OH is 1. The molecule has 5 nitrogen and oxygen atoms in total. The Morgan fingerprint density at radius 1 is 0.919 bits per heavy atom. The lowest BCUT2D eigenvalue weighted by Gasteiger charge is -2.27. The van der Waals surface area contributed by atoms with Crippen LogP contribution < -0.4 is 9.64 Å². The van der Waals surface area contributed by atoms with Crippen LogP contribution in [0, 0.1) is 0 Å². The van der Waals surface area contributed by atoms with Gasteiger partial charge in [0.2, 0.25) is 0 Å². The fourth-order valence-corrected chi connectivity index (χ4v) is 4.59. The summed E-state index contributed by atoms with van der Waals surface area (Å²) in [7, 11) is 0. The smallest absolute Gasteiger partial charge is 0.300 e. The van der Waals surface area contributed by atoms with Gasteiger partial charge in [0.05, 0.1) is 17.7 Å². The molecule has 0 aliphatic carbocycles. The highest BCUT2D eigenvalue weighted by atomic mass is 16.5. The van der Waals surface area contributed by atoms with Gasteiger partial charge in [-0.15, -0.1) is 0 Å². The molecule has 0 spiro atoms. The maximum Gasteiger partial charge on any atom is 0.300 e. The van der Waals surface area contributed by atoms with Crippen molar-refractivity contribution in [1.82, 2.24) is 0 Å². The minimum Gasteiger partial charge on any atom is -0.507 e. The van der Waals surface area contributed by atoms with Gasteiger partial charge in [0.15, 0.2) is 0 Å². The molecule has 5 heteroatoms. The van der Waals surface area contributed by atoms with E-state index in [9.17, 15) is 14.7 Å². The molecule has 4 rings (SSSR count). The van der Waals surface area contributed by atoms with E-state index in [0.717, 1.165) is 23.1 Å². The minimum absolute atomic E-state index is 0.0144. The Hall–Kier alpha value is -3.86. The Labute approximate surface area is 219 Å². The zero-order chi connectivity index (χ0) is 26.9. The number of ketones is 1. The first-order valence-electron chi connectivity index (χ1n) is 12.8. The number of amides is 1. The number of nitrogens with zero attached hydrogens (tertiary/aromatic N) is 1. The van der Waals surface area contributed by atoms with E-state index in [1.165, 1.54) is 4.90 Å². The summed E-state index contributed by atoms with van der Waals surface area (Å²) >= 11 is 0. The van der Waals surface area contributed by atoms with Crippen molar-refractivity contribution in [3.05, 3.63) is 101 Å². The van der Waals surface area contributed by atoms with E-state index >= 15 is 0 Å². The zero-order valence-corrected chi connectivity index (χ0v) is 22.4. The van der Waals surface area contributed by atoms with Gasteiger partial charge >= 0.3 is 0 Å². The summed E-state index contributed by atoms with van der Waals surface area (Å²) in [6, 6.07) is 21.7. The van der Waals surface area contributed by atoms with Gasteiger partial charge in [0.25, 0.3) is 11.7 Å². The normalized spacial score (nSPS) is 17.5. The fourth-order valence-electron chi connectivity index (χ4n) is 4.59. The number of aliphatic hydroxyl groups is 1. The molecular weight excluding hydrogens is 462 g/mol. The van der Waals surface area contributed by atoms with Crippen LogP contribution in [-0.2, 0) is 21.4 Å². The van der Waals surface area contributed by atoms with Crippen LogP contribution in [0.4, 0.5) is 5.69 Å². The second kappa shape index (κ2) is 10.3. The summed E-state index contributed by atoms with van der Waals surface area (Å²) in [6.07, 6.45) is 0.889. The van der Waals surface area contributed by atoms with Gasteiger partial charge in [0, 0.05) is 11.3 Å². The Morgan fingerprint density at radius 2 is 1.51 bits per heavy atom. The number of hydrogen-bond donors (Lipinski definition) is 1. The molecule has 1 heterocycles. The van der Waals surface area contributed by atoms with Crippen LogP contribution in [0.15, 0.2) is 78.4 Å². The summed E-state index contributed by atoms with van der Waals surface area (Å²) in [4.78, 5) is 28.3. The van der Waals surface area contributed by atoms with Gasteiger partial charge in [-0.25, -0.2) is 0 Å². The van der Waals surface area contributed by atoms with Gasteiger partial charge in [-0.3, -0.25) is 14.5 Å². The average molecular weight is 498 g/mol. The molecule has 1 atom stereocenters. The summed E-state index contributed by atoms with van der Waals surface area (Å²) in [5.41, 5.74) is 4.13. The number of Topliss-reactive ketones (excluding diaryl/α,β-unsaturated/α-hetero) is 1. The second-order valence-corrected chi connectivity index (χ2v) is 10.8. The number of aryl methyl sites for hydroxylation is 1. The number of rotatable bonds is 6. The number of anilines is 1. The minimum atomic E-state index is -0.752. The third-order valence-corrected chi connectivity index (χ3v) is 6.66. The first-order valence-corrected chi connectivity index (χ1v) is 12.8. The Bertz CT molecular complexity index is 1310. The molecule has 1 amide bonds. The van der Waals surface area contributed by atoms with Crippen molar-refractivity contribution in [1.29, 1.82) is 0 Å². The summed E-state index contributed by atoms with van der Waals surface area (Å²) < 4.78 is 5.71. The van der Waals surface area contributed by atoms with E-state index in [1.54, 1.807) is 24.3 Å². The molecule has 0 bridgehead atoms. The van der Waals surface area contributed by atoms with E-state index in [0.29, 0.717) is 17.0 Å². The van der Waals surface area contributed by atoms with Crippen LogP contribution in [0.5, 0.6) is 5.75 Å². The number of benzene rings is 3. The predicted octanol–water partition coefficient (Wildman–Crippen LogP) is 6.96. The van der Waals surface area contributed by atoms with Crippen molar-refractivity contribution in [3.63, 3.8) is 0 Å². The number of carbonyl (C=O) groups excluding carboxylic acids is 2. The maximum absolute atomic E-state index is 13.4. The van der Waals surface area contributed by atoms with Crippen LogP contribution in [0.3, 0.4) is 0 Å².